The first kappa shape index (κ1) is 16.6. The molecule has 0 aromatic heterocycles. The average molecular weight is 347 g/mol. The van der Waals surface area contributed by atoms with Gasteiger partial charge in [0.2, 0.25) is 0 Å². The second-order valence-electron chi connectivity index (χ2n) is 8.00. The average Bonchev–Trinajstić information content (AvgIpc) is 3.23. The Morgan fingerprint density at radius 1 is 1.32 bits per heavy atom. The molecule has 2 saturated heterocycles. The third-order valence-electron chi connectivity index (χ3n) is 6.04. The van der Waals surface area contributed by atoms with Crippen LogP contribution in [-0.4, -0.2) is 37.9 Å². The summed E-state index contributed by atoms with van der Waals surface area (Å²) >= 11 is 0. The lowest BCUT2D eigenvalue weighted by Gasteiger charge is -2.54. The molecule has 5 nitrogen and oxygen atoms in total. The molecule has 0 bridgehead atoms. The van der Waals surface area contributed by atoms with Crippen molar-refractivity contribution in [1.29, 1.82) is 0 Å². The van der Waals surface area contributed by atoms with Gasteiger partial charge in [-0.05, 0) is 37.5 Å². The number of rotatable bonds is 3. The van der Waals surface area contributed by atoms with Gasteiger partial charge in [0, 0.05) is 42.8 Å². The number of urea groups is 1. The van der Waals surface area contributed by atoms with Gasteiger partial charge >= 0.3 is 6.03 Å². The predicted molar refractivity (Wildman–Crippen MR) is 95.4 cm³/mol. The fourth-order valence-electron chi connectivity index (χ4n) is 4.72. The summed E-state index contributed by atoms with van der Waals surface area (Å²) in [5.74, 6) is 0.1000. The summed E-state index contributed by atoms with van der Waals surface area (Å²) < 4.78 is 20.1. The lowest BCUT2D eigenvalue weighted by molar-refractivity contribution is -0.107. The van der Waals surface area contributed by atoms with Crippen LogP contribution in [0.15, 0.2) is 18.2 Å². The fourth-order valence-corrected chi connectivity index (χ4v) is 4.72. The number of ether oxygens (including phenoxy) is 1. The van der Waals surface area contributed by atoms with Crippen LogP contribution in [0.4, 0.5) is 20.6 Å². The Labute approximate surface area is 147 Å². The molecule has 4 rings (SSSR count). The van der Waals surface area contributed by atoms with Crippen LogP contribution in [0.25, 0.3) is 0 Å². The van der Waals surface area contributed by atoms with E-state index in [4.69, 9.17) is 4.74 Å². The van der Waals surface area contributed by atoms with E-state index in [9.17, 15) is 9.18 Å². The summed E-state index contributed by atoms with van der Waals surface area (Å²) in [7, 11) is 0. The van der Waals surface area contributed by atoms with Crippen LogP contribution < -0.4 is 15.5 Å². The van der Waals surface area contributed by atoms with E-state index in [1.54, 1.807) is 12.1 Å². The molecular weight excluding hydrogens is 321 g/mol. The number of halogens is 1. The monoisotopic (exact) mass is 347 g/mol. The van der Waals surface area contributed by atoms with Crippen LogP contribution in [0, 0.1) is 17.2 Å². The Morgan fingerprint density at radius 2 is 2.08 bits per heavy atom. The van der Waals surface area contributed by atoms with Crippen LogP contribution in [0.5, 0.6) is 0 Å². The summed E-state index contributed by atoms with van der Waals surface area (Å²) in [6.07, 6.45) is 3.42. The van der Waals surface area contributed by atoms with Crippen molar-refractivity contribution in [3.63, 3.8) is 0 Å². The lowest BCUT2D eigenvalue weighted by Crippen LogP contribution is -2.67. The number of hydrogen-bond donors (Lipinski definition) is 2. The predicted octanol–water partition coefficient (Wildman–Crippen LogP) is 3.36. The molecule has 1 saturated carbocycles. The summed E-state index contributed by atoms with van der Waals surface area (Å²) in [6, 6.07) is 4.74. The second-order valence-corrected chi connectivity index (χ2v) is 8.00. The van der Waals surface area contributed by atoms with E-state index in [1.807, 2.05) is 0 Å². The van der Waals surface area contributed by atoms with Gasteiger partial charge in [0.1, 0.15) is 5.82 Å². The summed E-state index contributed by atoms with van der Waals surface area (Å²) in [5.41, 5.74) is 1.03. The Balaban J connectivity index is 1.39. The van der Waals surface area contributed by atoms with E-state index in [2.05, 4.69) is 29.4 Å². The highest BCUT2D eigenvalue weighted by Gasteiger charge is 2.59. The molecule has 25 heavy (non-hydrogen) atoms. The summed E-state index contributed by atoms with van der Waals surface area (Å²) in [4.78, 5) is 14.4. The largest absolute Gasteiger partial charge is 0.377 e. The van der Waals surface area contributed by atoms with Crippen molar-refractivity contribution in [3.8, 4) is 0 Å². The molecule has 136 valence electrons. The molecule has 2 heterocycles. The Hall–Kier alpha value is -1.82. The van der Waals surface area contributed by atoms with Crippen LogP contribution in [0.3, 0.4) is 0 Å². The molecule has 2 N–H and O–H groups in total. The maximum Gasteiger partial charge on any atom is 0.319 e. The first-order valence-corrected chi connectivity index (χ1v) is 9.20. The SMILES string of the molecule is CC1(C)[C@H](NC(=O)Nc2ccc(N3CCCC3)c(F)c2)[C@H]2CCO[C@H]21. The zero-order valence-corrected chi connectivity index (χ0v) is 14.8. The Kier molecular flexibility index (Phi) is 4.10. The molecule has 3 atom stereocenters. The van der Waals surface area contributed by atoms with Crippen molar-refractivity contribution in [2.24, 2.45) is 11.3 Å². The maximum absolute atomic E-state index is 14.4. The van der Waals surface area contributed by atoms with Crippen LogP contribution in [-0.2, 0) is 4.74 Å². The van der Waals surface area contributed by atoms with Crippen molar-refractivity contribution < 1.29 is 13.9 Å². The number of nitrogens with zero attached hydrogens (tertiary/aromatic N) is 1. The van der Waals surface area contributed by atoms with Gasteiger partial charge in [0.15, 0.2) is 0 Å². The third-order valence-corrected chi connectivity index (χ3v) is 6.04. The number of carbonyl (C=O) groups is 1. The van der Waals surface area contributed by atoms with Crippen molar-refractivity contribution in [2.75, 3.05) is 29.9 Å². The van der Waals surface area contributed by atoms with Gasteiger partial charge in [-0.15, -0.1) is 0 Å². The minimum absolute atomic E-state index is 0.0661. The van der Waals surface area contributed by atoms with Crippen LogP contribution in [0.2, 0.25) is 0 Å². The van der Waals surface area contributed by atoms with Gasteiger partial charge in [-0.1, -0.05) is 13.8 Å². The molecule has 3 fully saturated rings. The highest BCUT2D eigenvalue weighted by molar-refractivity contribution is 5.90. The zero-order valence-electron chi connectivity index (χ0n) is 14.8. The first-order chi connectivity index (χ1) is 12.0. The van der Waals surface area contributed by atoms with Gasteiger partial charge in [0.25, 0.3) is 0 Å². The van der Waals surface area contributed by atoms with Crippen molar-refractivity contribution in [3.05, 3.63) is 24.0 Å². The second kappa shape index (κ2) is 6.16. The quantitative estimate of drug-likeness (QED) is 0.881. The summed E-state index contributed by atoms with van der Waals surface area (Å²) in [5, 5.41) is 5.82. The number of anilines is 2. The van der Waals surface area contributed by atoms with Gasteiger partial charge in [-0.2, -0.15) is 0 Å². The fraction of sp³-hybridized carbons (Fsp3) is 0.632. The molecule has 3 aliphatic rings. The summed E-state index contributed by atoms with van der Waals surface area (Å²) in [6.45, 7) is 6.79. The zero-order chi connectivity index (χ0) is 17.6. The topological polar surface area (TPSA) is 53.6 Å². The highest BCUT2D eigenvalue weighted by atomic mass is 19.1. The van der Waals surface area contributed by atoms with E-state index >= 15 is 0 Å². The first-order valence-electron chi connectivity index (χ1n) is 9.20. The minimum Gasteiger partial charge on any atom is -0.377 e. The molecule has 2 aliphatic heterocycles. The third kappa shape index (κ3) is 2.86. The van der Waals surface area contributed by atoms with Gasteiger partial charge in [-0.25, -0.2) is 9.18 Å². The highest BCUT2D eigenvalue weighted by Crippen LogP contribution is 2.52. The standard InChI is InChI=1S/C19H26FN3O2/c1-19(2)16(13-7-10-25-17(13)19)22-18(24)21-12-5-6-15(14(20)11-12)23-8-3-4-9-23/h5-6,11,13,16-17H,3-4,7-10H2,1-2H3,(H2,21,22,24)/t13-,16-,17-/m1/s1. The Bertz CT molecular complexity index is 673. The molecular formula is C19H26FN3O2. The van der Waals surface area contributed by atoms with Crippen molar-refractivity contribution >= 4 is 17.4 Å². The van der Waals surface area contributed by atoms with Gasteiger partial charge in [0.05, 0.1) is 11.8 Å². The van der Waals surface area contributed by atoms with E-state index in [-0.39, 0.29) is 29.4 Å². The number of fused-ring (bicyclic) bond motifs is 1. The molecule has 0 spiro atoms. The number of nitrogens with one attached hydrogen (secondary N) is 2. The minimum atomic E-state index is -0.284. The van der Waals surface area contributed by atoms with Crippen molar-refractivity contribution in [2.45, 2.75) is 45.3 Å². The molecule has 1 aliphatic carbocycles. The van der Waals surface area contributed by atoms with Crippen LogP contribution >= 0.6 is 0 Å². The Morgan fingerprint density at radius 3 is 2.80 bits per heavy atom. The number of carbonyl (C=O) groups excluding carboxylic acids is 1. The van der Waals surface area contributed by atoms with Gasteiger partial charge < -0.3 is 20.3 Å². The van der Waals surface area contributed by atoms with E-state index < -0.39 is 0 Å². The van der Waals surface area contributed by atoms with Crippen LogP contribution in [0.1, 0.15) is 33.1 Å². The molecule has 0 radical (unpaired) electrons. The molecule has 6 heteroatoms. The molecule has 2 amide bonds. The molecule has 0 unspecified atom stereocenters. The lowest BCUT2D eigenvalue weighted by atomic mass is 9.57. The van der Waals surface area contributed by atoms with E-state index in [0.717, 1.165) is 39.0 Å². The van der Waals surface area contributed by atoms with E-state index in [1.165, 1.54) is 6.07 Å². The van der Waals surface area contributed by atoms with Gasteiger partial charge in [-0.3, -0.25) is 0 Å². The molecule has 1 aromatic rings. The normalized spacial score (nSPS) is 29.9. The smallest absolute Gasteiger partial charge is 0.319 e. The number of amides is 2. The maximum atomic E-state index is 14.4. The number of hydrogen-bond acceptors (Lipinski definition) is 3. The molecule has 1 aromatic carbocycles. The number of benzene rings is 1. The van der Waals surface area contributed by atoms with E-state index in [0.29, 0.717) is 17.3 Å². The van der Waals surface area contributed by atoms with Crippen molar-refractivity contribution in [1.82, 2.24) is 5.32 Å².